The van der Waals surface area contributed by atoms with E-state index >= 15 is 0 Å². The second-order valence-corrected chi connectivity index (χ2v) is 4.80. The number of carboxylic acid groups (broad SMARTS) is 1. The molecule has 1 saturated heterocycles. The fourth-order valence-corrected chi connectivity index (χ4v) is 2.63. The number of likely N-dealkylation sites (tertiary alicyclic amines) is 1. The predicted octanol–water partition coefficient (Wildman–Crippen LogP) is 2.13. The van der Waals surface area contributed by atoms with Crippen LogP contribution < -0.4 is 0 Å². The van der Waals surface area contributed by atoms with Crippen LogP contribution in [0.5, 0.6) is 0 Å². The van der Waals surface area contributed by atoms with Crippen molar-refractivity contribution in [1.29, 1.82) is 0 Å². The zero-order chi connectivity index (χ0) is 13.1. The molecule has 0 aromatic heterocycles. The highest BCUT2D eigenvalue weighted by Gasteiger charge is 2.27. The van der Waals surface area contributed by atoms with Gasteiger partial charge in [0.2, 0.25) is 0 Å². The fourth-order valence-electron chi connectivity index (χ4n) is 2.34. The lowest BCUT2D eigenvalue weighted by atomic mass is 9.89. The number of amides is 1. The predicted molar refractivity (Wildman–Crippen MR) is 67.6 cm³/mol. The largest absolute Gasteiger partial charge is 0.474 e. The molecule has 96 valence electrons. The molecule has 0 aliphatic carbocycles. The van der Waals surface area contributed by atoms with Gasteiger partial charge in [0.1, 0.15) is 0 Å². The van der Waals surface area contributed by atoms with Gasteiger partial charge in [-0.2, -0.15) is 0 Å². The summed E-state index contributed by atoms with van der Waals surface area (Å²) in [4.78, 5) is 23.3. The molecule has 0 saturated carbocycles. The van der Waals surface area contributed by atoms with E-state index in [4.69, 9.17) is 16.7 Å². The van der Waals surface area contributed by atoms with Crippen molar-refractivity contribution >= 4 is 23.5 Å². The van der Waals surface area contributed by atoms with Crippen LogP contribution in [-0.2, 0) is 9.59 Å². The van der Waals surface area contributed by atoms with E-state index in [0.717, 1.165) is 23.4 Å². The Morgan fingerprint density at radius 3 is 2.39 bits per heavy atom. The third-order valence-electron chi connectivity index (χ3n) is 3.31. The summed E-state index contributed by atoms with van der Waals surface area (Å²) >= 11 is 6.13. The third-order valence-corrected chi connectivity index (χ3v) is 3.65. The maximum Gasteiger partial charge on any atom is 0.394 e. The normalized spacial score (nSPS) is 16.6. The van der Waals surface area contributed by atoms with Gasteiger partial charge < -0.3 is 10.0 Å². The average Bonchev–Trinajstić information content (AvgIpc) is 2.38. The molecule has 1 heterocycles. The maximum atomic E-state index is 11.3. The lowest BCUT2D eigenvalue weighted by Crippen LogP contribution is -2.41. The van der Waals surface area contributed by atoms with Crippen molar-refractivity contribution < 1.29 is 14.7 Å². The minimum atomic E-state index is -1.38. The van der Waals surface area contributed by atoms with E-state index in [0.29, 0.717) is 19.0 Å². The van der Waals surface area contributed by atoms with Crippen LogP contribution in [0.3, 0.4) is 0 Å². The molecule has 1 aromatic rings. The highest BCUT2D eigenvalue weighted by atomic mass is 35.5. The van der Waals surface area contributed by atoms with Gasteiger partial charge in [0.25, 0.3) is 0 Å². The van der Waals surface area contributed by atoms with Crippen LogP contribution in [0.25, 0.3) is 0 Å². The third kappa shape index (κ3) is 2.64. The van der Waals surface area contributed by atoms with Crippen molar-refractivity contribution in [2.24, 2.45) is 0 Å². The Balaban J connectivity index is 2.01. The lowest BCUT2D eigenvalue weighted by molar-refractivity contribution is -0.156. The Hall–Kier alpha value is -1.55. The Kier molecular flexibility index (Phi) is 3.87. The van der Waals surface area contributed by atoms with E-state index in [-0.39, 0.29) is 0 Å². The van der Waals surface area contributed by atoms with Crippen molar-refractivity contribution in [1.82, 2.24) is 4.90 Å². The van der Waals surface area contributed by atoms with Crippen molar-refractivity contribution in [3.05, 3.63) is 34.9 Å². The topological polar surface area (TPSA) is 57.6 Å². The molecule has 1 fully saturated rings. The van der Waals surface area contributed by atoms with Gasteiger partial charge >= 0.3 is 11.9 Å². The number of hydrogen-bond donors (Lipinski definition) is 1. The molecular weight excluding hydrogens is 254 g/mol. The molecule has 1 amide bonds. The smallest absolute Gasteiger partial charge is 0.394 e. The summed E-state index contributed by atoms with van der Waals surface area (Å²) in [5, 5.41) is 9.39. The molecule has 1 N–H and O–H groups in total. The average molecular weight is 268 g/mol. The highest BCUT2D eigenvalue weighted by Crippen LogP contribution is 2.32. The Morgan fingerprint density at radius 2 is 1.83 bits per heavy atom. The Labute approximate surface area is 110 Å². The lowest BCUT2D eigenvalue weighted by Gasteiger charge is -2.31. The number of halogens is 1. The van der Waals surface area contributed by atoms with Gasteiger partial charge in [-0.1, -0.05) is 29.8 Å². The number of carbonyl (C=O) groups excluding carboxylic acids is 1. The van der Waals surface area contributed by atoms with E-state index < -0.39 is 11.9 Å². The maximum absolute atomic E-state index is 11.3. The first-order valence-electron chi connectivity index (χ1n) is 5.86. The van der Waals surface area contributed by atoms with Crippen molar-refractivity contribution in [3.63, 3.8) is 0 Å². The van der Waals surface area contributed by atoms with Gasteiger partial charge in [-0.05, 0) is 30.4 Å². The minimum absolute atomic E-state index is 0.302. The van der Waals surface area contributed by atoms with Crippen LogP contribution in [0.1, 0.15) is 24.3 Å². The summed E-state index contributed by atoms with van der Waals surface area (Å²) in [6.07, 6.45) is 1.51. The molecule has 1 aliphatic heterocycles. The molecule has 0 unspecified atom stereocenters. The van der Waals surface area contributed by atoms with Crippen LogP contribution >= 0.6 is 11.6 Å². The summed E-state index contributed by atoms with van der Waals surface area (Å²) in [5.74, 6) is -1.89. The zero-order valence-corrected chi connectivity index (χ0v) is 10.6. The van der Waals surface area contributed by atoms with E-state index in [1.165, 1.54) is 4.90 Å². The number of carbonyl (C=O) groups is 2. The van der Waals surface area contributed by atoms with E-state index in [1.54, 1.807) is 0 Å². The van der Waals surface area contributed by atoms with Crippen LogP contribution in [0.4, 0.5) is 0 Å². The summed E-state index contributed by atoms with van der Waals surface area (Å²) in [6.45, 7) is 0.946. The molecule has 1 aromatic carbocycles. The minimum Gasteiger partial charge on any atom is -0.474 e. The number of piperidine rings is 1. The summed E-state index contributed by atoms with van der Waals surface area (Å²) < 4.78 is 0. The quantitative estimate of drug-likeness (QED) is 0.793. The Morgan fingerprint density at radius 1 is 1.22 bits per heavy atom. The first kappa shape index (κ1) is 12.9. The molecule has 2 rings (SSSR count). The van der Waals surface area contributed by atoms with Gasteiger partial charge in [-0.3, -0.25) is 4.79 Å². The number of aliphatic carboxylic acids is 1. The standard InChI is InChI=1S/C13H14ClNO3/c14-11-4-2-1-3-10(11)9-5-7-15(8-6-9)12(16)13(17)18/h1-4,9H,5-8H2,(H,17,18). The number of benzene rings is 1. The van der Waals surface area contributed by atoms with Crippen molar-refractivity contribution in [2.45, 2.75) is 18.8 Å². The zero-order valence-electron chi connectivity index (χ0n) is 9.80. The first-order chi connectivity index (χ1) is 8.59. The van der Waals surface area contributed by atoms with Gasteiger partial charge in [0.15, 0.2) is 0 Å². The number of rotatable bonds is 1. The van der Waals surface area contributed by atoms with Gasteiger partial charge in [-0.25, -0.2) is 4.79 Å². The van der Waals surface area contributed by atoms with Gasteiger partial charge in [0, 0.05) is 18.1 Å². The van der Waals surface area contributed by atoms with E-state index in [2.05, 4.69) is 0 Å². The van der Waals surface area contributed by atoms with Crippen molar-refractivity contribution in [2.75, 3.05) is 13.1 Å². The number of nitrogens with zero attached hydrogens (tertiary/aromatic N) is 1. The summed E-state index contributed by atoms with van der Waals surface area (Å²) in [5.41, 5.74) is 1.08. The number of carboxylic acids is 1. The molecule has 0 atom stereocenters. The molecule has 5 heteroatoms. The summed E-state index contributed by atoms with van der Waals surface area (Å²) in [7, 11) is 0. The second-order valence-electron chi connectivity index (χ2n) is 4.39. The SMILES string of the molecule is O=C(O)C(=O)N1CCC(c2ccccc2Cl)CC1. The van der Waals surface area contributed by atoms with Crippen LogP contribution in [0, 0.1) is 0 Å². The van der Waals surface area contributed by atoms with Crippen molar-refractivity contribution in [3.8, 4) is 0 Å². The second kappa shape index (κ2) is 5.40. The molecular formula is C13H14ClNO3. The fraction of sp³-hybridized carbons (Fsp3) is 0.385. The highest BCUT2D eigenvalue weighted by molar-refractivity contribution is 6.31. The monoisotopic (exact) mass is 267 g/mol. The molecule has 4 nitrogen and oxygen atoms in total. The van der Waals surface area contributed by atoms with Crippen LogP contribution in [-0.4, -0.2) is 35.0 Å². The van der Waals surface area contributed by atoms with Gasteiger partial charge in [-0.15, -0.1) is 0 Å². The summed E-state index contributed by atoms with van der Waals surface area (Å²) in [6, 6.07) is 7.66. The van der Waals surface area contributed by atoms with E-state index in [9.17, 15) is 9.59 Å². The molecule has 0 radical (unpaired) electrons. The molecule has 1 aliphatic rings. The van der Waals surface area contributed by atoms with Crippen LogP contribution in [0.2, 0.25) is 5.02 Å². The number of hydrogen-bond acceptors (Lipinski definition) is 2. The molecule has 0 spiro atoms. The van der Waals surface area contributed by atoms with E-state index in [1.807, 2.05) is 24.3 Å². The molecule has 18 heavy (non-hydrogen) atoms. The first-order valence-corrected chi connectivity index (χ1v) is 6.24. The van der Waals surface area contributed by atoms with Crippen LogP contribution in [0.15, 0.2) is 24.3 Å². The Bertz CT molecular complexity index is 467. The van der Waals surface area contributed by atoms with Gasteiger partial charge in [0.05, 0.1) is 0 Å². The molecule has 0 bridgehead atoms.